The third-order valence-corrected chi connectivity index (χ3v) is 10.3. The Labute approximate surface area is 322 Å². The minimum absolute atomic E-state index is 0.346. The number of hydrogen-bond acceptors (Lipinski definition) is 5. The van der Waals surface area contributed by atoms with E-state index in [1.165, 1.54) is 135 Å². The summed E-state index contributed by atoms with van der Waals surface area (Å²) in [4.78, 5) is 12.5. The second kappa shape index (κ2) is 40.7. The molecule has 0 saturated carbocycles. The van der Waals surface area contributed by atoms with Crippen LogP contribution in [0.4, 0.5) is 0 Å². The predicted octanol–water partition coefficient (Wildman–Crippen LogP) is 11.7. The molecule has 5 N–H and O–H groups in total. The Morgan fingerprint density at radius 3 is 1.21 bits per heavy atom. The molecule has 0 bridgehead atoms. The molecule has 306 valence electrons. The predicted molar refractivity (Wildman–Crippen MR) is 224 cm³/mol. The number of aliphatic hydroxyl groups is 4. The Hall–Kier alpha value is -1.47. The summed E-state index contributed by atoms with van der Waals surface area (Å²) in [6.07, 6.45) is 47.5. The summed E-state index contributed by atoms with van der Waals surface area (Å²) in [5.74, 6) is -0.607. The van der Waals surface area contributed by atoms with Crippen LogP contribution in [0.25, 0.3) is 0 Å². The van der Waals surface area contributed by atoms with Crippen molar-refractivity contribution in [2.24, 2.45) is 0 Å². The minimum Gasteiger partial charge on any atom is -0.394 e. The van der Waals surface area contributed by atoms with Gasteiger partial charge in [-0.05, 0) is 77.0 Å². The van der Waals surface area contributed by atoms with Gasteiger partial charge in [-0.2, -0.15) is 0 Å². The zero-order valence-corrected chi connectivity index (χ0v) is 34.3. The number of rotatable bonds is 40. The number of carbonyl (C=O) groups excluding carboxylic acids is 1. The Balaban J connectivity index is 3.82. The summed E-state index contributed by atoms with van der Waals surface area (Å²) in [5.41, 5.74) is 0. The Morgan fingerprint density at radius 2 is 0.808 bits per heavy atom. The molecule has 0 spiro atoms. The standard InChI is InChI=1S/C46H87NO5/c1-3-5-7-9-11-13-15-17-19-20-21-22-23-24-26-27-29-31-33-35-37-39-43(49)45(51)42(41-48)47-46(52)44(50)40-38-36-34-32-30-28-25-18-16-14-12-10-8-6-4-2/h24-26,28,31,33,42-45,48-51H,3-23,27,29-30,32,34-41H2,1-2H3,(H,47,52)/b26-24+,28-25-,33-31+. The second-order valence-electron chi connectivity index (χ2n) is 15.4. The lowest BCUT2D eigenvalue weighted by Crippen LogP contribution is -2.53. The first kappa shape index (κ1) is 50.5. The van der Waals surface area contributed by atoms with E-state index in [1.807, 2.05) is 0 Å². The summed E-state index contributed by atoms with van der Waals surface area (Å²) in [5, 5.41) is 43.6. The molecule has 0 radical (unpaired) electrons. The van der Waals surface area contributed by atoms with Crippen LogP contribution < -0.4 is 5.32 Å². The van der Waals surface area contributed by atoms with E-state index in [2.05, 4.69) is 55.6 Å². The van der Waals surface area contributed by atoms with Crippen LogP contribution >= 0.6 is 0 Å². The Morgan fingerprint density at radius 1 is 0.462 bits per heavy atom. The maximum absolute atomic E-state index is 12.5. The van der Waals surface area contributed by atoms with E-state index in [-0.39, 0.29) is 0 Å². The zero-order chi connectivity index (χ0) is 38.2. The molecule has 0 saturated heterocycles. The number of nitrogens with one attached hydrogen (secondary N) is 1. The van der Waals surface area contributed by atoms with Gasteiger partial charge in [-0.15, -0.1) is 0 Å². The van der Waals surface area contributed by atoms with Crippen molar-refractivity contribution in [1.29, 1.82) is 0 Å². The van der Waals surface area contributed by atoms with E-state index in [9.17, 15) is 25.2 Å². The molecule has 4 unspecified atom stereocenters. The van der Waals surface area contributed by atoms with Crippen LogP contribution in [-0.2, 0) is 4.79 Å². The fraction of sp³-hybridized carbons (Fsp3) is 0.848. The maximum atomic E-state index is 12.5. The van der Waals surface area contributed by atoms with E-state index < -0.39 is 36.9 Å². The highest BCUT2D eigenvalue weighted by Crippen LogP contribution is 2.15. The van der Waals surface area contributed by atoms with Crippen LogP contribution in [0.3, 0.4) is 0 Å². The summed E-state index contributed by atoms with van der Waals surface area (Å²) in [7, 11) is 0. The fourth-order valence-corrected chi connectivity index (χ4v) is 6.71. The van der Waals surface area contributed by atoms with Gasteiger partial charge in [0, 0.05) is 0 Å². The van der Waals surface area contributed by atoms with E-state index in [4.69, 9.17) is 0 Å². The van der Waals surface area contributed by atoms with Crippen LogP contribution in [0, 0.1) is 0 Å². The van der Waals surface area contributed by atoms with Gasteiger partial charge in [0.2, 0.25) is 5.91 Å². The van der Waals surface area contributed by atoms with Gasteiger partial charge < -0.3 is 25.7 Å². The molecule has 4 atom stereocenters. The van der Waals surface area contributed by atoms with Crippen molar-refractivity contribution in [2.75, 3.05) is 6.61 Å². The number of carbonyl (C=O) groups is 1. The summed E-state index contributed by atoms with van der Waals surface area (Å²) < 4.78 is 0. The third kappa shape index (κ3) is 34.3. The molecule has 0 heterocycles. The molecule has 6 nitrogen and oxygen atoms in total. The summed E-state index contributed by atoms with van der Waals surface area (Å²) in [6.45, 7) is 4.03. The van der Waals surface area contributed by atoms with Gasteiger partial charge >= 0.3 is 0 Å². The lowest BCUT2D eigenvalue weighted by atomic mass is 10.00. The minimum atomic E-state index is -1.29. The monoisotopic (exact) mass is 734 g/mol. The molecule has 0 aliphatic carbocycles. The average molecular weight is 734 g/mol. The first-order valence-corrected chi connectivity index (χ1v) is 22.4. The molecule has 0 aliphatic rings. The second-order valence-corrected chi connectivity index (χ2v) is 15.4. The van der Waals surface area contributed by atoms with Gasteiger partial charge in [-0.3, -0.25) is 4.79 Å². The number of hydrogen-bond donors (Lipinski definition) is 5. The molecule has 1 amide bonds. The molecule has 0 rings (SSSR count). The highest BCUT2D eigenvalue weighted by Gasteiger charge is 2.28. The topological polar surface area (TPSA) is 110 Å². The van der Waals surface area contributed by atoms with Crippen molar-refractivity contribution < 1.29 is 25.2 Å². The van der Waals surface area contributed by atoms with Crippen molar-refractivity contribution in [2.45, 2.75) is 244 Å². The van der Waals surface area contributed by atoms with Crippen molar-refractivity contribution >= 4 is 5.91 Å². The van der Waals surface area contributed by atoms with Gasteiger partial charge in [-0.1, -0.05) is 179 Å². The first-order chi connectivity index (χ1) is 25.5. The highest BCUT2D eigenvalue weighted by atomic mass is 16.3. The van der Waals surface area contributed by atoms with Crippen molar-refractivity contribution in [3.05, 3.63) is 36.5 Å². The van der Waals surface area contributed by atoms with E-state index in [1.54, 1.807) is 0 Å². The van der Waals surface area contributed by atoms with E-state index in [0.717, 1.165) is 51.4 Å². The Kier molecular flexibility index (Phi) is 39.6. The van der Waals surface area contributed by atoms with Crippen molar-refractivity contribution in [3.63, 3.8) is 0 Å². The summed E-state index contributed by atoms with van der Waals surface area (Å²) >= 11 is 0. The van der Waals surface area contributed by atoms with Crippen LogP contribution in [0.2, 0.25) is 0 Å². The molecule has 52 heavy (non-hydrogen) atoms. The lowest BCUT2D eigenvalue weighted by Gasteiger charge is -2.27. The van der Waals surface area contributed by atoms with Gasteiger partial charge in [0.1, 0.15) is 12.2 Å². The van der Waals surface area contributed by atoms with Gasteiger partial charge in [0.25, 0.3) is 0 Å². The maximum Gasteiger partial charge on any atom is 0.249 e. The molecular formula is C46H87NO5. The van der Waals surface area contributed by atoms with Gasteiger partial charge in [0.15, 0.2) is 0 Å². The first-order valence-electron chi connectivity index (χ1n) is 22.4. The normalized spacial score (nSPS) is 14.5. The smallest absolute Gasteiger partial charge is 0.249 e. The van der Waals surface area contributed by atoms with Gasteiger partial charge in [-0.25, -0.2) is 0 Å². The molecule has 6 heteroatoms. The fourth-order valence-electron chi connectivity index (χ4n) is 6.71. The van der Waals surface area contributed by atoms with E-state index >= 15 is 0 Å². The molecule has 0 aromatic carbocycles. The van der Waals surface area contributed by atoms with Gasteiger partial charge in [0.05, 0.1) is 18.8 Å². The quantitative estimate of drug-likeness (QED) is 0.0318. The van der Waals surface area contributed by atoms with Crippen molar-refractivity contribution in [3.8, 4) is 0 Å². The van der Waals surface area contributed by atoms with Crippen LogP contribution in [-0.4, -0.2) is 57.3 Å². The molecule has 0 aliphatic heterocycles. The van der Waals surface area contributed by atoms with Crippen molar-refractivity contribution in [1.82, 2.24) is 5.32 Å². The number of allylic oxidation sites excluding steroid dienone is 6. The van der Waals surface area contributed by atoms with Crippen LogP contribution in [0.1, 0.15) is 219 Å². The average Bonchev–Trinajstić information content (AvgIpc) is 3.15. The van der Waals surface area contributed by atoms with E-state index in [0.29, 0.717) is 19.3 Å². The zero-order valence-electron chi connectivity index (χ0n) is 34.3. The molecule has 0 fully saturated rings. The largest absolute Gasteiger partial charge is 0.394 e. The molecule has 0 aromatic heterocycles. The third-order valence-electron chi connectivity index (χ3n) is 10.3. The number of aliphatic hydroxyl groups excluding tert-OH is 4. The SMILES string of the molecule is CCCCCCCCC/C=C\CCCCCCC(O)C(=O)NC(CO)C(O)C(O)CCC/C=C/CC/C=C/CCCCCCCCCCCCCC. The Bertz CT molecular complexity index is 828. The van der Waals surface area contributed by atoms with Crippen LogP contribution in [0.5, 0.6) is 0 Å². The van der Waals surface area contributed by atoms with Crippen LogP contribution in [0.15, 0.2) is 36.5 Å². The lowest BCUT2D eigenvalue weighted by molar-refractivity contribution is -0.132. The molecular weight excluding hydrogens is 647 g/mol. The summed E-state index contributed by atoms with van der Waals surface area (Å²) in [6, 6.07) is -1.01. The molecule has 0 aromatic rings. The number of unbranched alkanes of at least 4 members (excludes halogenated alkanes) is 25. The highest BCUT2D eigenvalue weighted by molar-refractivity contribution is 5.80. The number of amides is 1.